The number of aliphatic hydroxyl groups excluding tert-OH is 1. The zero-order valence-electron chi connectivity index (χ0n) is 12.2. The smallest absolute Gasteiger partial charge is 0.229 e. The van der Waals surface area contributed by atoms with E-state index in [0.717, 1.165) is 31.8 Å². The highest BCUT2D eigenvalue weighted by Gasteiger charge is 2.25. The lowest BCUT2D eigenvalue weighted by Crippen LogP contribution is -2.40. The van der Waals surface area contributed by atoms with Gasteiger partial charge in [0.05, 0.1) is 12.6 Å². The van der Waals surface area contributed by atoms with Crippen molar-refractivity contribution in [3.8, 4) is 0 Å². The van der Waals surface area contributed by atoms with Gasteiger partial charge < -0.3 is 9.63 Å². The van der Waals surface area contributed by atoms with E-state index < -0.39 is 0 Å². The second-order valence-electron chi connectivity index (χ2n) is 5.91. The van der Waals surface area contributed by atoms with Crippen molar-refractivity contribution in [3.05, 3.63) is 11.7 Å². The van der Waals surface area contributed by atoms with Gasteiger partial charge in [-0.1, -0.05) is 25.4 Å². The number of nitrogens with zero attached hydrogens (tertiary/aromatic N) is 3. The van der Waals surface area contributed by atoms with Gasteiger partial charge in [0.2, 0.25) is 5.89 Å². The molecule has 1 aromatic heterocycles. The van der Waals surface area contributed by atoms with Gasteiger partial charge in [0.25, 0.3) is 0 Å². The van der Waals surface area contributed by atoms with Gasteiger partial charge in [0.15, 0.2) is 5.82 Å². The van der Waals surface area contributed by atoms with E-state index in [1.807, 2.05) is 6.92 Å². The number of aliphatic hydroxyl groups is 1. The van der Waals surface area contributed by atoms with E-state index in [4.69, 9.17) is 4.52 Å². The Bertz CT molecular complexity index is 390. The number of hydrogen-bond donors (Lipinski definition) is 1. The molecule has 1 aliphatic heterocycles. The maximum Gasteiger partial charge on any atom is 0.229 e. The van der Waals surface area contributed by atoms with Crippen LogP contribution in [0.25, 0.3) is 0 Å². The standard InChI is InChI=1S/C14H25N3O2/c1-10(2)14-15-13(16-19-14)9-17-7-5-4-6-12(17)8-11(3)18/h10-12,18H,4-9H2,1-3H3. The Hall–Kier alpha value is -0.940. The number of rotatable bonds is 5. The normalized spacial score (nSPS) is 22.9. The van der Waals surface area contributed by atoms with Crippen molar-refractivity contribution < 1.29 is 9.63 Å². The quantitative estimate of drug-likeness (QED) is 0.887. The number of piperidine rings is 1. The van der Waals surface area contributed by atoms with Crippen molar-refractivity contribution in [1.82, 2.24) is 15.0 Å². The Balaban J connectivity index is 1.98. The van der Waals surface area contributed by atoms with Crippen LogP contribution < -0.4 is 0 Å². The maximum absolute atomic E-state index is 9.59. The second-order valence-corrected chi connectivity index (χ2v) is 5.91. The lowest BCUT2D eigenvalue weighted by molar-refractivity contribution is 0.0794. The Kier molecular flexibility index (Phi) is 4.93. The molecule has 0 amide bonds. The van der Waals surface area contributed by atoms with Gasteiger partial charge in [-0.25, -0.2) is 0 Å². The molecule has 2 rings (SSSR count). The van der Waals surface area contributed by atoms with E-state index in [2.05, 4.69) is 28.9 Å². The minimum absolute atomic E-state index is 0.248. The molecule has 1 aliphatic rings. The maximum atomic E-state index is 9.59. The van der Waals surface area contributed by atoms with Crippen molar-refractivity contribution >= 4 is 0 Å². The summed E-state index contributed by atoms with van der Waals surface area (Å²) in [6.45, 7) is 7.75. The summed E-state index contributed by atoms with van der Waals surface area (Å²) in [5.74, 6) is 1.75. The highest BCUT2D eigenvalue weighted by Crippen LogP contribution is 2.23. The van der Waals surface area contributed by atoms with Crippen molar-refractivity contribution in [1.29, 1.82) is 0 Å². The Morgan fingerprint density at radius 1 is 1.37 bits per heavy atom. The van der Waals surface area contributed by atoms with Crippen molar-refractivity contribution in [2.24, 2.45) is 0 Å². The molecule has 1 fully saturated rings. The summed E-state index contributed by atoms with van der Waals surface area (Å²) in [5.41, 5.74) is 0. The molecule has 5 nitrogen and oxygen atoms in total. The third-order valence-corrected chi connectivity index (χ3v) is 3.68. The highest BCUT2D eigenvalue weighted by molar-refractivity contribution is 4.92. The van der Waals surface area contributed by atoms with E-state index in [1.165, 1.54) is 12.8 Å². The molecule has 0 aliphatic carbocycles. The molecular weight excluding hydrogens is 242 g/mol. The molecule has 1 saturated heterocycles. The van der Waals surface area contributed by atoms with Crippen LogP contribution in [0, 0.1) is 0 Å². The third kappa shape index (κ3) is 4.01. The first-order valence-electron chi connectivity index (χ1n) is 7.31. The fourth-order valence-corrected chi connectivity index (χ4v) is 2.68. The Labute approximate surface area is 115 Å². The zero-order valence-corrected chi connectivity index (χ0v) is 12.2. The van der Waals surface area contributed by atoms with Gasteiger partial charge in [-0.05, 0) is 32.7 Å². The molecule has 2 heterocycles. The number of likely N-dealkylation sites (tertiary alicyclic amines) is 1. The zero-order chi connectivity index (χ0) is 13.8. The summed E-state index contributed by atoms with van der Waals surface area (Å²) in [4.78, 5) is 6.82. The molecular formula is C14H25N3O2. The fraction of sp³-hybridized carbons (Fsp3) is 0.857. The SMILES string of the molecule is CC(O)CC1CCCCN1Cc1noc(C(C)C)n1. The molecule has 0 saturated carbocycles. The van der Waals surface area contributed by atoms with Gasteiger partial charge in [-0.15, -0.1) is 0 Å². The molecule has 19 heavy (non-hydrogen) atoms. The van der Waals surface area contributed by atoms with Crippen LogP contribution in [0.3, 0.4) is 0 Å². The monoisotopic (exact) mass is 267 g/mol. The summed E-state index contributed by atoms with van der Waals surface area (Å²) in [7, 11) is 0. The summed E-state index contributed by atoms with van der Waals surface area (Å²) >= 11 is 0. The molecule has 2 unspecified atom stereocenters. The lowest BCUT2D eigenvalue weighted by Gasteiger charge is -2.35. The third-order valence-electron chi connectivity index (χ3n) is 3.68. The van der Waals surface area contributed by atoms with Crippen LogP contribution in [0.1, 0.15) is 64.1 Å². The van der Waals surface area contributed by atoms with E-state index >= 15 is 0 Å². The predicted octanol–water partition coefficient (Wildman–Crippen LogP) is 2.32. The average molecular weight is 267 g/mol. The summed E-state index contributed by atoms with van der Waals surface area (Å²) < 4.78 is 5.25. The molecule has 0 spiro atoms. The fourth-order valence-electron chi connectivity index (χ4n) is 2.68. The van der Waals surface area contributed by atoms with Crippen LogP contribution in [-0.2, 0) is 6.54 Å². The summed E-state index contributed by atoms with van der Waals surface area (Å²) in [6.07, 6.45) is 4.19. The van der Waals surface area contributed by atoms with Gasteiger partial charge in [-0.2, -0.15) is 4.98 Å². The van der Waals surface area contributed by atoms with Crippen LogP contribution in [0.15, 0.2) is 4.52 Å². The second kappa shape index (κ2) is 6.48. The van der Waals surface area contributed by atoms with Gasteiger partial charge >= 0.3 is 0 Å². The molecule has 1 N–H and O–H groups in total. The Morgan fingerprint density at radius 3 is 2.79 bits per heavy atom. The molecule has 108 valence electrons. The molecule has 1 aromatic rings. The van der Waals surface area contributed by atoms with E-state index in [0.29, 0.717) is 11.9 Å². The molecule has 2 atom stereocenters. The average Bonchev–Trinajstić information content (AvgIpc) is 2.80. The molecule has 0 aromatic carbocycles. The first-order valence-corrected chi connectivity index (χ1v) is 7.31. The molecule has 0 radical (unpaired) electrons. The van der Waals surface area contributed by atoms with Gasteiger partial charge in [0, 0.05) is 12.0 Å². The van der Waals surface area contributed by atoms with Crippen LogP contribution in [0.2, 0.25) is 0 Å². The van der Waals surface area contributed by atoms with Crippen LogP contribution in [0.4, 0.5) is 0 Å². The summed E-state index contributed by atoms with van der Waals surface area (Å²) in [5, 5.41) is 13.6. The van der Waals surface area contributed by atoms with Crippen molar-refractivity contribution in [2.75, 3.05) is 6.54 Å². The van der Waals surface area contributed by atoms with Gasteiger partial charge in [-0.3, -0.25) is 4.90 Å². The largest absolute Gasteiger partial charge is 0.393 e. The first kappa shape index (κ1) is 14.5. The van der Waals surface area contributed by atoms with Crippen LogP contribution in [0.5, 0.6) is 0 Å². The lowest BCUT2D eigenvalue weighted by atomic mass is 9.97. The van der Waals surface area contributed by atoms with E-state index in [1.54, 1.807) is 0 Å². The number of aromatic nitrogens is 2. The minimum Gasteiger partial charge on any atom is -0.393 e. The number of hydrogen-bond acceptors (Lipinski definition) is 5. The van der Waals surface area contributed by atoms with Crippen molar-refractivity contribution in [2.45, 2.75) is 71.1 Å². The highest BCUT2D eigenvalue weighted by atomic mass is 16.5. The van der Waals surface area contributed by atoms with Crippen LogP contribution >= 0.6 is 0 Å². The van der Waals surface area contributed by atoms with Crippen LogP contribution in [-0.4, -0.2) is 38.8 Å². The van der Waals surface area contributed by atoms with E-state index in [9.17, 15) is 5.11 Å². The van der Waals surface area contributed by atoms with Crippen molar-refractivity contribution in [3.63, 3.8) is 0 Å². The summed E-state index contributed by atoms with van der Waals surface area (Å²) in [6, 6.07) is 0.440. The molecule has 0 bridgehead atoms. The topological polar surface area (TPSA) is 62.4 Å². The predicted molar refractivity (Wildman–Crippen MR) is 72.7 cm³/mol. The van der Waals surface area contributed by atoms with E-state index in [-0.39, 0.29) is 12.0 Å². The first-order chi connectivity index (χ1) is 9.06. The molecule has 5 heteroatoms. The van der Waals surface area contributed by atoms with Gasteiger partial charge in [0.1, 0.15) is 0 Å². The minimum atomic E-state index is -0.248. The Morgan fingerprint density at radius 2 is 2.16 bits per heavy atom.